The molecule has 5 rings (SSSR count). The van der Waals surface area contributed by atoms with Gasteiger partial charge in [-0.05, 0) is 66.9 Å². The van der Waals surface area contributed by atoms with Crippen molar-refractivity contribution in [2.45, 2.75) is 37.3 Å². The number of likely N-dealkylation sites (N-methyl/N-ethyl adjacent to an activating group) is 1. The Morgan fingerprint density at radius 1 is 1.00 bits per heavy atom. The summed E-state index contributed by atoms with van der Waals surface area (Å²) in [5.41, 5.74) is 1.22. The van der Waals surface area contributed by atoms with Crippen molar-refractivity contribution in [1.29, 1.82) is 0 Å². The molecule has 0 saturated heterocycles. The fourth-order valence-corrected chi connectivity index (χ4v) is 4.89. The van der Waals surface area contributed by atoms with E-state index in [1.807, 2.05) is 17.0 Å². The van der Waals surface area contributed by atoms with E-state index < -0.39 is 29.8 Å². The van der Waals surface area contributed by atoms with Crippen molar-refractivity contribution in [2.75, 3.05) is 23.4 Å². The Bertz CT molecular complexity index is 1460. The molecular formula is C29H26ClF3N4O4. The minimum absolute atomic E-state index is 0.0912. The fraction of sp³-hybridized carbons (Fsp3) is 0.276. The summed E-state index contributed by atoms with van der Waals surface area (Å²) in [6.07, 6.45) is -3.95. The van der Waals surface area contributed by atoms with Crippen LogP contribution in [-0.4, -0.2) is 49.3 Å². The van der Waals surface area contributed by atoms with Crippen LogP contribution in [0.4, 0.5) is 24.5 Å². The molecule has 2 aliphatic rings. The Morgan fingerprint density at radius 3 is 2.24 bits per heavy atom. The first kappa shape index (κ1) is 28.3. The molecule has 1 aliphatic heterocycles. The Morgan fingerprint density at radius 2 is 1.63 bits per heavy atom. The molecule has 0 radical (unpaired) electrons. The maximum absolute atomic E-state index is 13.5. The summed E-state index contributed by atoms with van der Waals surface area (Å²) in [6.45, 7) is 0.336. The highest BCUT2D eigenvalue weighted by Gasteiger charge is 2.52. The zero-order valence-electron chi connectivity index (χ0n) is 21.9. The number of carbonyl (C=O) groups excluding carboxylic acids is 3. The number of fused-ring (bicyclic) bond motifs is 1. The predicted molar refractivity (Wildman–Crippen MR) is 147 cm³/mol. The average Bonchev–Trinajstić information content (AvgIpc) is 3.73. The second kappa shape index (κ2) is 11.0. The molecular weight excluding hydrogens is 561 g/mol. The molecule has 0 bridgehead atoms. The first-order valence-corrected chi connectivity index (χ1v) is 13.2. The molecule has 41 heavy (non-hydrogen) atoms. The van der Waals surface area contributed by atoms with Crippen LogP contribution in [0.15, 0.2) is 72.8 Å². The van der Waals surface area contributed by atoms with Gasteiger partial charge in [0.25, 0.3) is 11.8 Å². The summed E-state index contributed by atoms with van der Waals surface area (Å²) in [6, 6.07) is 18.0. The molecule has 3 aromatic carbocycles. The third-order valence-corrected chi connectivity index (χ3v) is 7.35. The fourth-order valence-electron chi connectivity index (χ4n) is 4.76. The van der Waals surface area contributed by atoms with E-state index in [1.54, 1.807) is 43.4 Å². The summed E-state index contributed by atoms with van der Waals surface area (Å²) < 4.78 is 41.7. The zero-order valence-corrected chi connectivity index (χ0v) is 22.6. The number of hydrogen-bond acceptors (Lipinski definition) is 5. The number of nitrogens with one attached hydrogen (secondary N) is 2. The van der Waals surface area contributed by atoms with Crippen LogP contribution in [0.5, 0.6) is 5.75 Å². The molecule has 1 saturated carbocycles. The number of carbonyl (C=O) groups is 3. The lowest BCUT2D eigenvalue weighted by Gasteiger charge is -2.28. The zero-order chi connectivity index (χ0) is 29.4. The maximum Gasteiger partial charge on any atom is 0.573 e. The molecule has 1 atom stereocenters. The van der Waals surface area contributed by atoms with Gasteiger partial charge in [-0.2, -0.15) is 0 Å². The lowest BCUT2D eigenvalue weighted by atomic mass is 10.1. The molecule has 1 fully saturated rings. The topological polar surface area (TPSA) is 91.0 Å². The summed E-state index contributed by atoms with van der Waals surface area (Å²) in [5, 5.41) is 6.12. The number of rotatable bonds is 7. The van der Waals surface area contributed by atoms with Gasteiger partial charge in [0.15, 0.2) is 0 Å². The molecule has 3 amide bonds. The van der Waals surface area contributed by atoms with Gasteiger partial charge in [-0.1, -0.05) is 35.9 Å². The van der Waals surface area contributed by atoms with Gasteiger partial charge in [0.05, 0.1) is 11.4 Å². The normalized spacial score (nSPS) is 17.8. The van der Waals surface area contributed by atoms with Gasteiger partial charge in [-0.3, -0.25) is 14.4 Å². The van der Waals surface area contributed by atoms with Gasteiger partial charge in [-0.25, -0.2) is 0 Å². The SMILES string of the molecule is CN1C(=O)[C@H](NC(=O)C2(NC(=O)c3ccc(Cl)cc3)CC2)CN(Cc2ccc(OC(F)(F)F)cc2)c2ccccc21. The number of benzene rings is 3. The lowest BCUT2D eigenvalue weighted by molar-refractivity contribution is -0.274. The highest BCUT2D eigenvalue weighted by molar-refractivity contribution is 6.30. The van der Waals surface area contributed by atoms with E-state index in [0.717, 1.165) is 0 Å². The molecule has 3 aromatic rings. The van der Waals surface area contributed by atoms with Gasteiger partial charge in [-0.15, -0.1) is 13.2 Å². The number of amides is 3. The second-order valence-corrected chi connectivity index (χ2v) is 10.5. The van der Waals surface area contributed by atoms with Crippen LogP contribution in [-0.2, 0) is 16.1 Å². The van der Waals surface area contributed by atoms with Crippen LogP contribution in [0.3, 0.4) is 0 Å². The molecule has 0 unspecified atom stereocenters. The molecule has 214 valence electrons. The minimum Gasteiger partial charge on any atom is -0.406 e. The van der Waals surface area contributed by atoms with E-state index in [4.69, 9.17) is 11.6 Å². The summed E-state index contributed by atoms with van der Waals surface area (Å²) in [5.74, 6) is -1.58. The van der Waals surface area contributed by atoms with Crippen molar-refractivity contribution >= 4 is 40.7 Å². The third-order valence-electron chi connectivity index (χ3n) is 7.09. The van der Waals surface area contributed by atoms with E-state index in [-0.39, 0.29) is 24.7 Å². The largest absolute Gasteiger partial charge is 0.573 e. The molecule has 12 heteroatoms. The Balaban J connectivity index is 1.34. The van der Waals surface area contributed by atoms with Crippen LogP contribution >= 0.6 is 11.6 Å². The van der Waals surface area contributed by atoms with E-state index >= 15 is 0 Å². The number of ether oxygens (including phenoxy) is 1. The van der Waals surface area contributed by atoms with Crippen molar-refractivity contribution in [1.82, 2.24) is 10.6 Å². The predicted octanol–water partition coefficient (Wildman–Crippen LogP) is 4.67. The summed E-state index contributed by atoms with van der Waals surface area (Å²) in [4.78, 5) is 43.1. The molecule has 1 aliphatic carbocycles. The summed E-state index contributed by atoms with van der Waals surface area (Å²) >= 11 is 5.90. The van der Waals surface area contributed by atoms with Gasteiger partial charge in [0.2, 0.25) is 5.91 Å². The second-order valence-electron chi connectivity index (χ2n) is 10.0. The third kappa shape index (κ3) is 6.40. The van der Waals surface area contributed by atoms with Crippen LogP contribution in [0.1, 0.15) is 28.8 Å². The van der Waals surface area contributed by atoms with Gasteiger partial charge in [0.1, 0.15) is 17.3 Å². The minimum atomic E-state index is -4.80. The van der Waals surface area contributed by atoms with Crippen molar-refractivity contribution in [3.63, 3.8) is 0 Å². The molecule has 0 spiro atoms. The number of hydrogen-bond donors (Lipinski definition) is 2. The molecule has 0 aromatic heterocycles. The smallest absolute Gasteiger partial charge is 0.406 e. The highest BCUT2D eigenvalue weighted by atomic mass is 35.5. The van der Waals surface area contributed by atoms with E-state index in [1.165, 1.54) is 29.2 Å². The van der Waals surface area contributed by atoms with Crippen molar-refractivity contribution in [3.05, 3.63) is 88.9 Å². The van der Waals surface area contributed by atoms with Crippen molar-refractivity contribution < 1.29 is 32.3 Å². The average molecular weight is 587 g/mol. The highest BCUT2D eigenvalue weighted by Crippen LogP contribution is 2.37. The van der Waals surface area contributed by atoms with Gasteiger partial charge in [0, 0.05) is 30.7 Å². The first-order valence-electron chi connectivity index (χ1n) is 12.8. The standard InChI is InChI=1S/C29H26ClF3N4O4/c1-36-23-4-2-3-5-24(23)37(16-18-6-12-21(13-7-18)41-29(31,32)33)17-22(26(36)39)34-27(40)28(14-15-28)35-25(38)19-8-10-20(30)11-9-19/h2-13,22H,14-17H2,1H3,(H,34,40)(H,35,38)/t22-/m1/s1. The van der Waals surface area contributed by atoms with Gasteiger partial charge >= 0.3 is 6.36 Å². The van der Waals surface area contributed by atoms with Gasteiger partial charge < -0.3 is 25.2 Å². The van der Waals surface area contributed by atoms with E-state index in [2.05, 4.69) is 15.4 Å². The van der Waals surface area contributed by atoms with Crippen LogP contribution in [0.25, 0.3) is 0 Å². The monoisotopic (exact) mass is 586 g/mol. The molecule has 8 nitrogen and oxygen atoms in total. The van der Waals surface area contributed by atoms with Crippen molar-refractivity contribution in [2.24, 2.45) is 0 Å². The van der Waals surface area contributed by atoms with Crippen LogP contribution in [0.2, 0.25) is 5.02 Å². The maximum atomic E-state index is 13.5. The van der Waals surface area contributed by atoms with E-state index in [0.29, 0.717) is 40.4 Å². The Hall–Kier alpha value is -4.25. The van der Waals surface area contributed by atoms with E-state index in [9.17, 15) is 27.6 Å². The molecule has 1 heterocycles. The number of alkyl halides is 3. The number of halogens is 4. The quantitative estimate of drug-likeness (QED) is 0.420. The lowest BCUT2D eigenvalue weighted by Crippen LogP contribution is -2.57. The van der Waals surface area contributed by atoms with Crippen LogP contribution in [0, 0.1) is 0 Å². The summed E-state index contributed by atoms with van der Waals surface area (Å²) in [7, 11) is 1.61. The number of para-hydroxylation sites is 2. The number of nitrogens with zero attached hydrogens (tertiary/aromatic N) is 2. The van der Waals surface area contributed by atoms with Crippen molar-refractivity contribution in [3.8, 4) is 5.75 Å². The Kier molecular flexibility index (Phi) is 7.56. The van der Waals surface area contributed by atoms with Crippen LogP contribution < -0.4 is 25.2 Å². The number of anilines is 2. The molecule has 2 N–H and O–H groups in total. The first-order chi connectivity index (χ1) is 19.4. The Labute approximate surface area is 239 Å².